The number of hydrogen-bond acceptors (Lipinski definition) is 1. The number of aromatic nitrogens is 1. The van der Waals surface area contributed by atoms with Gasteiger partial charge in [-0.05, 0) is 23.8 Å². The van der Waals surface area contributed by atoms with E-state index in [2.05, 4.69) is 72.4 Å². The normalized spacial score (nSPS) is 10.9. The van der Waals surface area contributed by atoms with Crippen LogP contribution >= 0.6 is 11.8 Å². The number of fused-ring (bicyclic) bond motifs is 1. The highest BCUT2D eigenvalue weighted by atomic mass is 32.2. The van der Waals surface area contributed by atoms with Crippen molar-refractivity contribution in [3.8, 4) is 0 Å². The second-order valence-corrected chi connectivity index (χ2v) is 5.43. The molecule has 18 heavy (non-hydrogen) atoms. The van der Waals surface area contributed by atoms with Crippen LogP contribution < -0.4 is 0 Å². The van der Waals surface area contributed by atoms with Crippen LogP contribution in [0.15, 0.2) is 65.7 Å². The minimum atomic E-state index is 1.02. The van der Waals surface area contributed by atoms with Gasteiger partial charge >= 0.3 is 0 Å². The maximum absolute atomic E-state index is 2.24. The Labute approximate surface area is 111 Å². The average Bonchev–Trinajstić information content (AvgIpc) is 2.75. The Kier molecular flexibility index (Phi) is 3.11. The quantitative estimate of drug-likeness (QED) is 0.623. The SMILES string of the molecule is Cn1cc(CSc2ccccc2)c2ccccc21. The number of nitrogens with zero attached hydrogens (tertiary/aromatic N) is 1. The lowest BCUT2D eigenvalue weighted by Crippen LogP contribution is -1.82. The van der Waals surface area contributed by atoms with Crippen molar-refractivity contribution >= 4 is 22.7 Å². The third-order valence-electron chi connectivity index (χ3n) is 3.12. The average molecular weight is 253 g/mol. The number of hydrogen-bond donors (Lipinski definition) is 0. The van der Waals surface area contributed by atoms with Gasteiger partial charge in [0.25, 0.3) is 0 Å². The fraction of sp³-hybridized carbons (Fsp3) is 0.125. The Morgan fingerprint density at radius 3 is 2.50 bits per heavy atom. The van der Waals surface area contributed by atoms with Crippen LogP contribution in [0.5, 0.6) is 0 Å². The molecule has 0 saturated heterocycles. The van der Waals surface area contributed by atoms with Gasteiger partial charge in [-0.25, -0.2) is 0 Å². The van der Waals surface area contributed by atoms with Crippen molar-refractivity contribution in [2.24, 2.45) is 7.05 Å². The molecule has 90 valence electrons. The Balaban J connectivity index is 1.87. The van der Waals surface area contributed by atoms with Crippen LogP contribution in [0.4, 0.5) is 0 Å². The van der Waals surface area contributed by atoms with Crippen molar-refractivity contribution in [3.63, 3.8) is 0 Å². The summed E-state index contributed by atoms with van der Waals surface area (Å²) in [4.78, 5) is 1.32. The van der Waals surface area contributed by atoms with E-state index in [1.54, 1.807) is 0 Å². The Morgan fingerprint density at radius 2 is 1.67 bits per heavy atom. The van der Waals surface area contributed by atoms with E-state index in [-0.39, 0.29) is 0 Å². The smallest absolute Gasteiger partial charge is 0.0480 e. The molecule has 2 heteroatoms. The lowest BCUT2D eigenvalue weighted by atomic mass is 10.2. The monoisotopic (exact) mass is 253 g/mol. The van der Waals surface area contributed by atoms with Crippen LogP contribution in [0.1, 0.15) is 5.56 Å². The lowest BCUT2D eigenvalue weighted by molar-refractivity contribution is 0.963. The van der Waals surface area contributed by atoms with Crippen LogP contribution in [-0.4, -0.2) is 4.57 Å². The van der Waals surface area contributed by atoms with Crippen molar-refractivity contribution in [1.29, 1.82) is 0 Å². The first kappa shape index (κ1) is 11.4. The van der Waals surface area contributed by atoms with Gasteiger partial charge in [-0.3, -0.25) is 0 Å². The Bertz CT molecular complexity index is 655. The van der Waals surface area contributed by atoms with Crippen LogP contribution in [0.3, 0.4) is 0 Å². The number of thioether (sulfide) groups is 1. The van der Waals surface area contributed by atoms with Gasteiger partial charge in [-0.2, -0.15) is 0 Å². The summed E-state index contributed by atoms with van der Waals surface area (Å²) in [6.07, 6.45) is 2.24. The highest BCUT2D eigenvalue weighted by molar-refractivity contribution is 7.98. The van der Waals surface area contributed by atoms with Gasteiger partial charge in [0.1, 0.15) is 0 Å². The molecule has 0 atom stereocenters. The molecule has 0 aliphatic rings. The third kappa shape index (κ3) is 2.16. The molecule has 0 amide bonds. The topological polar surface area (TPSA) is 4.93 Å². The van der Waals surface area contributed by atoms with Crippen molar-refractivity contribution in [3.05, 3.63) is 66.4 Å². The summed E-state index contributed by atoms with van der Waals surface area (Å²) >= 11 is 1.89. The van der Waals surface area contributed by atoms with Crippen molar-refractivity contribution in [2.75, 3.05) is 0 Å². The molecule has 0 aliphatic heterocycles. The molecule has 0 unspecified atom stereocenters. The first-order valence-corrected chi connectivity index (χ1v) is 7.04. The zero-order chi connectivity index (χ0) is 12.4. The van der Waals surface area contributed by atoms with E-state index in [0.717, 1.165) is 5.75 Å². The summed E-state index contributed by atoms with van der Waals surface area (Å²) in [6, 6.07) is 19.1. The fourth-order valence-electron chi connectivity index (χ4n) is 2.22. The van der Waals surface area contributed by atoms with Crippen LogP contribution in [0.2, 0.25) is 0 Å². The molecule has 0 N–H and O–H groups in total. The second-order valence-electron chi connectivity index (χ2n) is 4.38. The number of rotatable bonds is 3. The second kappa shape index (κ2) is 4.91. The van der Waals surface area contributed by atoms with Gasteiger partial charge in [-0.15, -0.1) is 11.8 Å². The van der Waals surface area contributed by atoms with E-state index in [1.165, 1.54) is 21.4 Å². The summed E-state index contributed by atoms with van der Waals surface area (Å²) in [5.41, 5.74) is 2.71. The van der Waals surface area contributed by atoms with Crippen molar-refractivity contribution in [1.82, 2.24) is 4.57 Å². The first-order valence-electron chi connectivity index (χ1n) is 6.05. The van der Waals surface area contributed by atoms with Crippen LogP contribution in [0, 0.1) is 0 Å². The van der Waals surface area contributed by atoms with Crippen molar-refractivity contribution < 1.29 is 0 Å². The van der Waals surface area contributed by atoms with Crippen LogP contribution in [-0.2, 0) is 12.8 Å². The molecule has 0 spiro atoms. The van der Waals surface area contributed by atoms with Gasteiger partial charge in [0.2, 0.25) is 0 Å². The van der Waals surface area contributed by atoms with Gasteiger partial charge < -0.3 is 4.57 Å². The zero-order valence-electron chi connectivity index (χ0n) is 10.3. The molecule has 0 aliphatic carbocycles. The van der Waals surface area contributed by atoms with Gasteiger partial charge in [-0.1, -0.05) is 36.4 Å². The largest absolute Gasteiger partial charge is 0.350 e. The zero-order valence-corrected chi connectivity index (χ0v) is 11.2. The molecule has 0 radical (unpaired) electrons. The lowest BCUT2D eigenvalue weighted by Gasteiger charge is -2.00. The molecule has 3 aromatic rings. The summed E-state index contributed by atoms with van der Waals surface area (Å²) in [5, 5.41) is 1.36. The molecule has 3 rings (SSSR count). The molecular weight excluding hydrogens is 238 g/mol. The predicted molar refractivity (Wildman–Crippen MR) is 78.9 cm³/mol. The van der Waals surface area contributed by atoms with E-state index in [0.29, 0.717) is 0 Å². The molecule has 1 nitrogen and oxygen atoms in total. The standard InChI is InChI=1S/C16H15NS/c1-17-11-13(15-9-5-6-10-16(15)17)12-18-14-7-3-2-4-8-14/h2-11H,12H2,1H3. The number of aryl methyl sites for hydroxylation is 1. The number of benzene rings is 2. The fourth-order valence-corrected chi connectivity index (χ4v) is 3.12. The summed E-state index contributed by atoms with van der Waals surface area (Å²) in [6.45, 7) is 0. The molecule has 1 heterocycles. The molecule has 1 aromatic heterocycles. The summed E-state index contributed by atoms with van der Waals surface area (Å²) in [7, 11) is 2.11. The van der Waals surface area contributed by atoms with E-state index in [9.17, 15) is 0 Å². The molecular formula is C16H15NS. The molecule has 0 fully saturated rings. The first-order chi connectivity index (χ1) is 8.84. The minimum absolute atomic E-state index is 1.02. The minimum Gasteiger partial charge on any atom is -0.350 e. The Morgan fingerprint density at radius 1 is 0.944 bits per heavy atom. The maximum atomic E-state index is 2.24. The van der Waals surface area contributed by atoms with E-state index >= 15 is 0 Å². The Hall–Kier alpha value is -1.67. The van der Waals surface area contributed by atoms with Gasteiger partial charge in [0.15, 0.2) is 0 Å². The van der Waals surface area contributed by atoms with Crippen molar-refractivity contribution in [2.45, 2.75) is 10.6 Å². The van der Waals surface area contributed by atoms with E-state index in [4.69, 9.17) is 0 Å². The van der Waals surface area contributed by atoms with Gasteiger partial charge in [0.05, 0.1) is 0 Å². The van der Waals surface area contributed by atoms with Gasteiger partial charge in [0, 0.05) is 34.8 Å². The number of para-hydroxylation sites is 1. The van der Waals surface area contributed by atoms with E-state index < -0.39 is 0 Å². The molecule has 2 aromatic carbocycles. The van der Waals surface area contributed by atoms with Crippen LogP contribution in [0.25, 0.3) is 10.9 Å². The summed E-state index contributed by atoms with van der Waals surface area (Å²) < 4.78 is 2.20. The highest BCUT2D eigenvalue weighted by Crippen LogP contribution is 2.28. The summed E-state index contributed by atoms with van der Waals surface area (Å²) in [5.74, 6) is 1.02. The highest BCUT2D eigenvalue weighted by Gasteiger charge is 2.05. The molecule has 0 saturated carbocycles. The molecule has 0 bridgehead atoms. The van der Waals surface area contributed by atoms with E-state index in [1.807, 2.05) is 11.8 Å². The third-order valence-corrected chi connectivity index (χ3v) is 4.18. The predicted octanol–water partition coefficient (Wildman–Crippen LogP) is 4.47. The maximum Gasteiger partial charge on any atom is 0.0480 e.